The summed E-state index contributed by atoms with van der Waals surface area (Å²) in [7, 11) is -3.85. The van der Waals surface area contributed by atoms with Crippen molar-refractivity contribution in [3.63, 3.8) is 0 Å². The Balaban J connectivity index is 1.47. The highest BCUT2D eigenvalue weighted by molar-refractivity contribution is 7.89. The Hall–Kier alpha value is -1.93. The number of fused-ring (bicyclic) bond motifs is 1. The van der Waals surface area contributed by atoms with E-state index in [1.807, 2.05) is 6.07 Å². The Labute approximate surface area is 166 Å². The summed E-state index contributed by atoms with van der Waals surface area (Å²) in [5, 5.41) is 8.80. The van der Waals surface area contributed by atoms with Gasteiger partial charge in [-0.3, -0.25) is 4.90 Å². The van der Waals surface area contributed by atoms with Crippen LogP contribution in [0.2, 0.25) is 0 Å². The molecular weight excluding hydrogens is 374 g/mol. The first-order chi connectivity index (χ1) is 13.5. The van der Waals surface area contributed by atoms with Gasteiger partial charge < -0.3 is 10.1 Å². The zero-order chi connectivity index (χ0) is 19.6. The van der Waals surface area contributed by atoms with Crippen molar-refractivity contribution in [3.05, 3.63) is 59.2 Å². The topological polar surface area (TPSA) is 84.7 Å². The van der Waals surface area contributed by atoms with Crippen LogP contribution in [-0.2, 0) is 29.7 Å². The van der Waals surface area contributed by atoms with Crippen LogP contribution in [0.15, 0.2) is 47.4 Å². The van der Waals surface area contributed by atoms with Gasteiger partial charge in [-0.15, -0.1) is 0 Å². The van der Waals surface area contributed by atoms with Gasteiger partial charge in [-0.25, -0.2) is 13.6 Å². The summed E-state index contributed by atoms with van der Waals surface area (Å²) < 4.78 is 30.2. The van der Waals surface area contributed by atoms with Crippen LogP contribution in [0.3, 0.4) is 0 Å². The summed E-state index contributed by atoms with van der Waals surface area (Å²) in [6, 6.07) is 13.7. The Morgan fingerprint density at radius 3 is 2.39 bits per heavy atom. The van der Waals surface area contributed by atoms with Crippen LogP contribution in [0.5, 0.6) is 5.75 Å². The third kappa shape index (κ3) is 4.55. The Morgan fingerprint density at radius 1 is 1.07 bits per heavy atom. The standard InChI is InChI=1S/C21H27N3O3S/c22-28(25,26)21-11-17(12-24-13-18-3-1-2-4-19(18)14-24)5-6-20(21)27-15-16-7-9-23-10-8-16/h1-6,11,16,23H,7-10,12-15H2,(H2,22,25,26). The van der Waals surface area contributed by atoms with Gasteiger partial charge in [-0.05, 0) is 60.7 Å². The van der Waals surface area contributed by atoms with Crippen LogP contribution in [0, 0.1) is 5.92 Å². The number of sulfonamides is 1. The van der Waals surface area contributed by atoms with Gasteiger partial charge >= 0.3 is 0 Å². The third-order valence-corrected chi connectivity index (χ3v) is 6.49. The number of ether oxygens (including phenoxy) is 1. The van der Waals surface area contributed by atoms with Crippen LogP contribution in [-0.4, -0.2) is 33.0 Å². The quantitative estimate of drug-likeness (QED) is 0.775. The van der Waals surface area contributed by atoms with E-state index in [9.17, 15) is 8.42 Å². The lowest BCUT2D eigenvalue weighted by Crippen LogP contribution is -2.30. The second-order valence-electron chi connectivity index (χ2n) is 7.74. The van der Waals surface area contributed by atoms with Crippen LogP contribution in [0.1, 0.15) is 29.5 Å². The smallest absolute Gasteiger partial charge is 0.241 e. The Bertz CT molecular complexity index is 915. The lowest BCUT2D eigenvalue weighted by atomic mass is 9.99. The fourth-order valence-electron chi connectivity index (χ4n) is 4.02. The first-order valence-corrected chi connectivity index (χ1v) is 11.3. The van der Waals surface area contributed by atoms with Gasteiger partial charge in [-0.2, -0.15) is 0 Å². The van der Waals surface area contributed by atoms with Crippen molar-refractivity contribution < 1.29 is 13.2 Å². The zero-order valence-electron chi connectivity index (χ0n) is 15.9. The number of hydrogen-bond donors (Lipinski definition) is 2. The molecule has 28 heavy (non-hydrogen) atoms. The van der Waals surface area contributed by atoms with Crippen LogP contribution in [0.25, 0.3) is 0 Å². The van der Waals surface area contributed by atoms with Crippen molar-refractivity contribution in [2.75, 3.05) is 19.7 Å². The van der Waals surface area contributed by atoms with E-state index in [1.165, 1.54) is 11.1 Å². The summed E-state index contributed by atoms with van der Waals surface area (Å²) in [6.07, 6.45) is 2.08. The minimum Gasteiger partial charge on any atom is -0.492 e. The minimum absolute atomic E-state index is 0.0793. The SMILES string of the molecule is NS(=O)(=O)c1cc(CN2Cc3ccccc3C2)ccc1OCC1CCNCC1. The van der Waals surface area contributed by atoms with Gasteiger partial charge in [0.05, 0.1) is 6.61 Å². The van der Waals surface area contributed by atoms with Crippen molar-refractivity contribution >= 4 is 10.0 Å². The van der Waals surface area contributed by atoms with Gasteiger partial charge in [0.2, 0.25) is 10.0 Å². The van der Waals surface area contributed by atoms with Crippen molar-refractivity contribution in [3.8, 4) is 5.75 Å². The number of benzene rings is 2. The third-order valence-electron chi connectivity index (χ3n) is 5.56. The molecular formula is C21H27N3O3S. The van der Waals surface area contributed by atoms with Gasteiger partial charge in [-0.1, -0.05) is 30.3 Å². The fraction of sp³-hybridized carbons (Fsp3) is 0.429. The second-order valence-corrected chi connectivity index (χ2v) is 9.27. The molecule has 2 heterocycles. The van der Waals surface area contributed by atoms with E-state index in [4.69, 9.17) is 9.88 Å². The predicted octanol–water partition coefficient (Wildman–Crippen LogP) is 2.23. The zero-order valence-corrected chi connectivity index (χ0v) is 16.7. The number of hydrogen-bond acceptors (Lipinski definition) is 5. The van der Waals surface area contributed by atoms with E-state index >= 15 is 0 Å². The van der Waals surface area contributed by atoms with Gasteiger partial charge in [0.1, 0.15) is 10.6 Å². The first-order valence-electron chi connectivity index (χ1n) is 9.77. The van der Waals surface area contributed by atoms with E-state index in [0.29, 0.717) is 24.8 Å². The van der Waals surface area contributed by atoms with E-state index < -0.39 is 10.0 Å². The van der Waals surface area contributed by atoms with Crippen molar-refractivity contribution in [1.82, 2.24) is 10.2 Å². The van der Waals surface area contributed by atoms with Gasteiger partial charge in [0.25, 0.3) is 0 Å². The van der Waals surface area contributed by atoms with E-state index in [1.54, 1.807) is 12.1 Å². The van der Waals surface area contributed by atoms with E-state index in [-0.39, 0.29) is 4.90 Å². The molecule has 6 nitrogen and oxygen atoms in total. The number of nitrogens with two attached hydrogens (primary N) is 1. The molecule has 0 aliphatic carbocycles. The van der Waals surface area contributed by atoms with Crippen LogP contribution in [0.4, 0.5) is 0 Å². The van der Waals surface area contributed by atoms with Crippen LogP contribution >= 0.6 is 0 Å². The van der Waals surface area contributed by atoms with Gasteiger partial charge in [0.15, 0.2) is 0 Å². The molecule has 0 atom stereocenters. The number of primary sulfonamides is 1. The minimum atomic E-state index is -3.85. The molecule has 0 saturated carbocycles. The molecule has 150 valence electrons. The monoisotopic (exact) mass is 401 g/mol. The molecule has 2 aromatic rings. The maximum absolute atomic E-state index is 12.1. The van der Waals surface area contributed by atoms with Gasteiger partial charge in [0, 0.05) is 19.6 Å². The Kier molecular flexibility index (Phi) is 5.68. The second kappa shape index (κ2) is 8.21. The van der Waals surface area contributed by atoms with Crippen molar-refractivity contribution in [2.45, 2.75) is 37.4 Å². The molecule has 0 aromatic heterocycles. The number of nitrogens with zero attached hydrogens (tertiary/aromatic N) is 1. The molecule has 7 heteroatoms. The average molecular weight is 402 g/mol. The highest BCUT2D eigenvalue weighted by Gasteiger charge is 2.22. The largest absolute Gasteiger partial charge is 0.492 e. The maximum Gasteiger partial charge on any atom is 0.241 e. The highest BCUT2D eigenvalue weighted by atomic mass is 32.2. The van der Waals surface area contributed by atoms with Crippen molar-refractivity contribution in [2.24, 2.45) is 11.1 Å². The lowest BCUT2D eigenvalue weighted by Gasteiger charge is -2.23. The molecule has 2 aliphatic rings. The molecule has 2 aromatic carbocycles. The summed E-state index contributed by atoms with van der Waals surface area (Å²) in [5.74, 6) is 0.798. The average Bonchev–Trinajstić information content (AvgIpc) is 3.09. The first kappa shape index (κ1) is 19.4. The van der Waals surface area contributed by atoms with E-state index in [2.05, 4.69) is 34.5 Å². The summed E-state index contributed by atoms with van der Waals surface area (Å²) in [5.41, 5.74) is 3.58. The number of piperidine rings is 1. The molecule has 0 unspecified atom stereocenters. The fourth-order valence-corrected chi connectivity index (χ4v) is 4.75. The molecule has 4 rings (SSSR count). The summed E-state index contributed by atoms with van der Waals surface area (Å²) in [6.45, 7) is 4.89. The van der Waals surface area contributed by atoms with Crippen molar-refractivity contribution in [1.29, 1.82) is 0 Å². The molecule has 3 N–H and O–H groups in total. The lowest BCUT2D eigenvalue weighted by molar-refractivity contribution is 0.211. The number of nitrogens with one attached hydrogen (secondary N) is 1. The summed E-state index contributed by atoms with van der Waals surface area (Å²) in [4.78, 5) is 2.37. The summed E-state index contributed by atoms with van der Waals surface area (Å²) >= 11 is 0. The normalized spacial score (nSPS) is 18.2. The molecule has 2 aliphatic heterocycles. The molecule has 0 radical (unpaired) electrons. The molecule has 0 amide bonds. The molecule has 1 fully saturated rings. The predicted molar refractivity (Wildman–Crippen MR) is 108 cm³/mol. The molecule has 0 spiro atoms. The maximum atomic E-state index is 12.1. The number of rotatable bonds is 6. The highest BCUT2D eigenvalue weighted by Crippen LogP contribution is 2.28. The molecule has 0 bridgehead atoms. The molecule has 1 saturated heterocycles. The van der Waals surface area contributed by atoms with E-state index in [0.717, 1.165) is 44.6 Å². The Morgan fingerprint density at radius 2 is 1.75 bits per heavy atom. The van der Waals surface area contributed by atoms with Crippen LogP contribution < -0.4 is 15.2 Å².